The van der Waals surface area contributed by atoms with Crippen LogP contribution in [0.2, 0.25) is 0 Å². The van der Waals surface area contributed by atoms with Gasteiger partial charge in [0.15, 0.2) is 0 Å². The van der Waals surface area contributed by atoms with Crippen molar-refractivity contribution in [3.8, 4) is 0 Å². The smallest absolute Gasteiger partial charge is 0.0573 e. The summed E-state index contributed by atoms with van der Waals surface area (Å²) in [5.74, 6) is 1.29. The fourth-order valence-electron chi connectivity index (χ4n) is 4.52. The Balaban J connectivity index is 1.89. The van der Waals surface area contributed by atoms with Gasteiger partial charge >= 0.3 is 0 Å². The molecule has 0 bridgehead atoms. The molecule has 0 aromatic carbocycles. The Morgan fingerprint density at radius 1 is 0.950 bits per heavy atom. The summed E-state index contributed by atoms with van der Waals surface area (Å²) >= 11 is 6.29. The van der Waals surface area contributed by atoms with Gasteiger partial charge in [-0.05, 0) is 67.6 Å². The summed E-state index contributed by atoms with van der Waals surface area (Å²) in [6.07, 6.45) is 9.54. The first-order chi connectivity index (χ1) is 9.22. The maximum absolute atomic E-state index is 10.2. The third-order valence-corrected chi connectivity index (χ3v) is 6.77. The summed E-state index contributed by atoms with van der Waals surface area (Å²) in [5.41, 5.74) is 0.663. The molecule has 118 valence electrons. The fraction of sp³-hybridized carbons (Fsp3) is 1.00. The van der Waals surface area contributed by atoms with E-state index in [0.717, 1.165) is 12.3 Å². The molecule has 0 radical (unpaired) electrons. The molecular weight excluding hydrogens is 268 g/mol. The van der Waals surface area contributed by atoms with Gasteiger partial charge in [-0.25, -0.2) is 0 Å². The van der Waals surface area contributed by atoms with Gasteiger partial charge < -0.3 is 5.11 Å². The summed E-state index contributed by atoms with van der Waals surface area (Å²) < 4.78 is 0. The van der Waals surface area contributed by atoms with E-state index in [9.17, 15) is 5.11 Å². The Hall–Kier alpha value is 0.250. The van der Waals surface area contributed by atoms with Crippen molar-refractivity contribution >= 4 is 11.6 Å². The van der Waals surface area contributed by atoms with Crippen LogP contribution in [0.3, 0.4) is 0 Å². The lowest BCUT2D eigenvalue weighted by molar-refractivity contribution is 0.0408. The van der Waals surface area contributed by atoms with Crippen molar-refractivity contribution in [1.29, 1.82) is 0 Å². The fourth-order valence-corrected chi connectivity index (χ4v) is 4.86. The molecule has 2 rings (SSSR count). The van der Waals surface area contributed by atoms with Crippen LogP contribution in [0.25, 0.3) is 0 Å². The third kappa shape index (κ3) is 3.71. The monoisotopic (exact) mass is 300 g/mol. The predicted octanol–water partition coefficient (Wildman–Crippen LogP) is 5.39. The molecule has 4 unspecified atom stereocenters. The van der Waals surface area contributed by atoms with Crippen molar-refractivity contribution in [3.63, 3.8) is 0 Å². The molecule has 1 N–H and O–H groups in total. The second kappa shape index (κ2) is 6.16. The lowest BCUT2D eigenvalue weighted by Crippen LogP contribution is -2.32. The average molecular weight is 301 g/mol. The maximum Gasteiger partial charge on any atom is 0.0573 e. The van der Waals surface area contributed by atoms with E-state index in [0.29, 0.717) is 16.7 Å². The van der Waals surface area contributed by atoms with Crippen LogP contribution in [-0.2, 0) is 0 Å². The highest BCUT2D eigenvalue weighted by Crippen LogP contribution is 2.48. The average Bonchev–Trinajstić information content (AvgIpc) is 2.96. The van der Waals surface area contributed by atoms with Gasteiger partial charge in [0.1, 0.15) is 0 Å². The maximum atomic E-state index is 10.2. The molecule has 0 saturated heterocycles. The summed E-state index contributed by atoms with van der Waals surface area (Å²) in [7, 11) is 0. The van der Waals surface area contributed by atoms with Gasteiger partial charge in [-0.1, -0.05) is 34.1 Å². The largest absolute Gasteiger partial charge is 0.393 e. The Kier molecular flexibility index (Phi) is 5.12. The number of aliphatic hydroxyl groups excluding tert-OH is 1. The van der Waals surface area contributed by atoms with E-state index in [4.69, 9.17) is 11.6 Å². The van der Waals surface area contributed by atoms with E-state index in [1.165, 1.54) is 44.9 Å². The van der Waals surface area contributed by atoms with Gasteiger partial charge in [-0.2, -0.15) is 0 Å². The van der Waals surface area contributed by atoms with Crippen molar-refractivity contribution in [2.24, 2.45) is 22.7 Å². The van der Waals surface area contributed by atoms with Gasteiger partial charge in [0.25, 0.3) is 0 Å². The molecule has 4 atom stereocenters. The number of hydrogen-bond donors (Lipinski definition) is 1. The minimum absolute atomic E-state index is 0.0631. The second-order valence-electron chi connectivity index (χ2n) is 8.69. The quantitative estimate of drug-likeness (QED) is 0.675. The standard InChI is InChI=1S/C18H33ClO/c1-17(2,13-8-9-14(19)12-13)10-11-18(3,4)15-6-5-7-16(15)20/h13-16,20H,5-12H2,1-4H3. The van der Waals surface area contributed by atoms with Crippen molar-refractivity contribution in [2.75, 3.05) is 0 Å². The van der Waals surface area contributed by atoms with E-state index in [1.54, 1.807) is 0 Å². The Morgan fingerprint density at radius 3 is 2.10 bits per heavy atom. The molecule has 2 saturated carbocycles. The minimum Gasteiger partial charge on any atom is -0.393 e. The molecule has 0 aromatic heterocycles. The molecule has 20 heavy (non-hydrogen) atoms. The van der Waals surface area contributed by atoms with Gasteiger partial charge in [-0.15, -0.1) is 11.6 Å². The summed E-state index contributed by atoms with van der Waals surface area (Å²) in [6, 6.07) is 0. The van der Waals surface area contributed by atoms with E-state index < -0.39 is 0 Å². The molecule has 0 aliphatic heterocycles. The second-order valence-corrected chi connectivity index (χ2v) is 9.31. The third-order valence-electron chi connectivity index (χ3n) is 6.37. The SMILES string of the molecule is CC(C)(CCC(C)(C)C1CCCC1O)C1CCC(Cl)C1. The first-order valence-electron chi connectivity index (χ1n) is 8.54. The molecule has 0 heterocycles. The molecule has 1 nitrogen and oxygen atoms in total. The topological polar surface area (TPSA) is 20.2 Å². The van der Waals surface area contributed by atoms with Gasteiger partial charge in [0.05, 0.1) is 6.10 Å². The van der Waals surface area contributed by atoms with Crippen molar-refractivity contribution in [3.05, 3.63) is 0 Å². The minimum atomic E-state index is -0.0631. The van der Waals surface area contributed by atoms with Crippen LogP contribution in [0.1, 0.15) is 79.1 Å². The summed E-state index contributed by atoms with van der Waals surface area (Å²) in [6.45, 7) is 9.57. The van der Waals surface area contributed by atoms with E-state index in [2.05, 4.69) is 27.7 Å². The van der Waals surface area contributed by atoms with Crippen molar-refractivity contribution in [1.82, 2.24) is 0 Å². The highest BCUT2D eigenvalue weighted by molar-refractivity contribution is 6.20. The highest BCUT2D eigenvalue weighted by atomic mass is 35.5. The van der Waals surface area contributed by atoms with Crippen LogP contribution in [-0.4, -0.2) is 16.6 Å². The molecule has 2 fully saturated rings. The first kappa shape index (κ1) is 16.6. The van der Waals surface area contributed by atoms with Crippen LogP contribution in [0.15, 0.2) is 0 Å². The lowest BCUT2D eigenvalue weighted by Gasteiger charge is -2.39. The zero-order valence-electron chi connectivity index (χ0n) is 13.8. The predicted molar refractivity (Wildman–Crippen MR) is 87.1 cm³/mol. The molecule has 2 heteroatoms. The van der Waals surface area contributed by atoms with E-state index in [1.807, 2.05) is 0 Å². The van der Waals surface area contributed by atoms with Gasteiger partial charge in [0.2, 0.25) is 0 Å². The Bertz CT molecular complexity index is 323. The zero-order valence-corrected chi connectivity index (χ0v) is 14.5. The Morgan fingerprint density at radius 2 is 1.60 bits per heavy atom. The van der Waals surface area contributed by atoms with E-state index in [-0.39, 0.29) is 11.5 Å². The summed E-state index contributed by atoms with van der Waals surface area (Å²) in [4.78, 5) is 0. The number of alkyl halides is 1. The molecule has 0 spiro atoms. The number of hydrogen-bond acceptors (Lipinski definition) is 1. The number of aliphatic hydroxyl groups is 1. The number of rotatable bonds is 5. The normalized spacial score (nSPS) is 35.7. The molecule has 0 amide bonds. The molecular formula is C18H33ClO. The van der Waals surface area contributed by atoms with Gasteiger partial charge in [-0.3, -0.25) is 0 Å². The molecule has 2 aliphatic carbocycles. The van der Waals surface area contributed by atoms with Crippen LogP contribution < -0.4 is 0 Å². The van der Waals surface area contributed by atoms with Crippen molar-refractivity contribution < 1.29 is 5.11 Å². The van der Waals surface area contributed by atoms with Crippen LogP contribution in [0.4, 0.5) is 0 Å². The summed E-state index contributed by atoms with van der Waals surface area (Å²) in [5, 5.41) is 10.6. The van der Waals surface area contributed by atoms with Crippen LogP contribution in [0.5, 0.6) is 0 Å². The Labute approximate surface area is 130 Å². The first-order valence-corrected chi connectivity index (χ1v) is 8.98. The van der Waals surface area contributed by atoms with Crippen LogP contribution >= 0.6 is 11.6 Å². The van der Waals surface area contributed by atoms with Gasteiger partial charge in [0, 0.05) is 5.38 Å². The zero-order chi connectivity index (χ0) is 15.0. The molecule has 0 aromatic rings. The van der Waals surface area contributed by atoms with Crippen LogP contribution in [0, 0.1) is 22.7 Å². The van der Waals surface area contributed by atoms with Crippen molar-refractivity contribution in [2.45, 2.75) is 90.5 Å². The molecule has 2 aliphatic rings. The van der Waals surface area contributed by atoms with E-state index >= 15 is 0 Å². The highest BCUT2D eigenvalue weighted by Gasteiger charge is 2.41. The lowest BCUT2D eigenvalue weighted by atomic mass is 9.67. The number of halogens is 1.